The average molecular weight is 310 g/mol. The Morgan fingerprint density at radius 1 is 1.36 bits per heavy atom. The van der Waals surface area contributed by atoms with Gasteiger partial charge < -0.3 is 5.32 Å². The van der Waals surface area contributed by atoms with Crippen molar-refractivity contribution in [3.63, 3.8) is 0 Å². The summed E-state index contributed by atoms with van der Waals surface area (Å²) in [5, 5.41) is 6.25. The van der Waals surface area contributed by atoms with Crippen molar-refractivity contribution in [3.05, 3.63) is 10.4 Å². The van der Waals surface area contributed by atoms with Gasteiger partial charge in [0.2, 0.25) is 5.91 Å². The maximum atomic E-state index is 10.8. The van der Waals surface area contributed by atoms with Gasteiger partial charge in [-0.25, -0.2) is 0 Å². The second kappa shape index (κ2) is 10.6. The lowest BCUT2D eigenvalue weighted by Crippen LogP contribution is -2.25. The summed E-state index contributed by atoms with van der Waals surface area (Å²) in [6, 6.07) is 0. The fourth-order valence-corrected chi connectivity index (χ4v) is 1.25. The molecule has 0 aliphatic carbocycles. The molecule has 0 rings (SSSR count). The standard InChI is InChI=1S/C8H15IN4O/c9-7-8(14)11-5-3-1-2-4-6-12-13-10/h1-7H2,(H,11,14). The van der Waals surface area contributed by atoms with E-state index < -0.39 is 0 Å². The summed E-state index contributed by atoms with van der Waals surface area (Å²) in [5.41, 5.74) is 8.01. The predicted octanol–water partition coefficient (Wildman–Crippen LogP) is 2.41. The van der Waals surface area contributed by atoms with Gasteiger partial charge in [0.15, 0.2) is 0 Å². The zero-order valence-electron chi connectivity index (χ0n) is 8.08. The average Bonchev–Trinajstić information content (AvgIpc) is 2.21. The van der Waals surface area contributed by atoms with E-state index in [0.717, 1.165) is 32.2 Å². The van der Waals surface area contributed by atoms with Crippen molar-refractivity contribution in [1.29, 1.82) is 0 Å². The lowest BCUT2D eigenvalue weighted by atomic mass is 10.2. The molecule has 0 saturated carbocycles. The molecular formula is C8H15IN4O. The minimum Gasteiger partial charge on any atom is -0.355 e. The van der Waals surface area contributed by atoms with Crippen LogP contribution in [0.25, 0.3) is 10.4 Å². The Hall–Kier alpha value is -0.490. The van der Waals surface area contributed by atoms with Gasteiger partial charge in [-0.2, -0.15) is 0 Å². The van der Waals surface area contributed by atoms with Crippen LogP contribution in [0.15, 0.2) is 5.11 Å². The molecule has 6 heteroatoms. The second-order valence-electron chi connectivity index (χ2n) is 2.85. The lowest BCUT2D eigenvalue weighted by Gasteiger charge is -2.01. The first kappa shape index (κ1) is 13.5. The Balaban J connectivity index is 3.06. The van der Waals surface area contributed by atoms with Gasteiger partial charge in [-0.1, -0.05) is 40.5 Å². The maximum Gasteiger partial charge on any atom is 0.229 e. The molecule has 0 aromatic carbocycles. The summed E-state index contributed by atoms with van der Waals surface area (Å²) in [5.74, 6) is 0.0969. The van der Waals surface area contributed by atoms with E-state index in [0.29, 0.717) is 11.0 Å². The molecule has 1 N–H and O–H groups in total. The molecule has 0 aromatic heterocycles. The van der Waals surface area contributed by atoms with Crippen LogP contribution in [0.2, 0.25) is 0 Å². The number of alkyl halides is 1. The number of halogens is 1. The molecule has 0 aliphatic heterocycles. The zero-order valence-corrected chi connectivity index (χ0v) is 10.2. The Kier molecular flexibility index (Phi) is 10.2. The fourth-order valence-electron chi connectivity index (χ4n) is 0.981. The first-order valence-electron chi connectivity index (χ1n) is 4.64. The van der Waals surface area contributed by atoms with Crippen molar-refractivity contribution in [2.45, 2.75) is 25.7 Å². The maximum absolute atomic E-state index is 10.8. The number of azide groups is 1. The number of nitrogens with zero attached hydrogens (tertiary/aromatic N) is 3. The molecule has 0 radical (unpaired) electrons. The summed E-state index contributed by atoms with van der Waals surface area (Å²) in [7, 11) is 0. The smallest absolute Gasteiger partial charge is 0.229 e. The minimum atomic E-state index is 0.0969. The van der Waals surface area contributed by atoms with Crippen LogP contribution in [-0.2, 0) is 4.79 Å². The molecule has 0 unspecified atom stereocenters. The van der Waals surface area contributed by atoms with Gasteiger partial charge in [0.1, 0.15) is 0 Å². The molecule has 0 aromatic rings. The van der Waals surface area contributed by atoms with Crippen LogP contribution in [0.1, 0.15) is 25.7 Å². The van der Waals surface area contributed by atoms with Gasteiger partial charge in [0, 0.05) is 18.0 Å². The number of unbranched alkanes of at least 4 members (excludes halogenated alkanes) is 3. The van der Waals surface area contributed by atoms with Crippen LogP contribution < -0.4 is 5.32 Å². The zero-order chi connectivity index (χ0) is 10.6. The van der Waals surface area contributed by atoms with Crippen molar-refractivity contribution < 1.29 is 4.79 Å². The van der Waals surface area contributed by atoms with Gasteiger partial charge in [-0.05, 0) is 18.4 Å². The van der Waals surface area contributed by atoms with Crippen molar-refractivity contribution in [2.24, 2.45) is 5.11 Å². The highest BCUT2D eigenvalue weighted by molar-refractivity contribution is 14.1. The molecule has 0 spiro atoms. The Morgan fingerprint density at radius 2 is 2.07 bits per heavy atom. The van der Waals surface area contributed by atoms with Crippen LogP contribution in [-0.4, -0.2) is 23.4 Å². The highest BCUT2D eigenvalue weighted by atomic mass is 127. The van der Waals surface area contributed by atoms with Crippen molar-refractivity contribution in [2.75, 3.05) is 17.5 Å². The molecule has 0 fully saturated rings. The van der Waals surface area contributed by atoms with E-state index in [2.05, 4.69) is 15.3 Å². The number of nitrogens with one attached hydrogen (secondary N) is 1. The number of amides is 1. The summed E-state index contributed by atoms with van der Waals surface area (Å²) < 4.78 is 0.522. The number of hydrogen-bond donors (Lipinski definition) is 1. The second-order valence-corrected chi connectivity index (χ2v) is 3.62. The first-order chi connectivity index (χ1) is 6.81. The number of rotatable bonds is 8. The molecule has 1 amide bonds. The van der Waals surface area contributed by atoms with Crippen LogP contribution in [0.4, 0.5) is 0 Å². The van der Waals surface area contributed by atoms with Crippen LogP contribution in [0, 0.1) is 0 Å². The summed E-state index contributed by atoms with van der Waals surface area (Å²) >= 11 is 2.04. The van der Waals surface area contributed by atoms with E-state index in [-0.39, 0.29) is 5.91 Å². The summed E-state index contributed by atoms with van der Waals surface area (Å²) in [6.07, 6.45) is 4.06. The largest absolute Gasteiger partial charge is 0.355 e. The molecule has 5 nitrogen and oxygen atoms in total. The van der Waals surface area contributed by atoms with Gasteiger partial charge in [-0.3, -0.25) is 4.79 Å². The van der Waals surface area contributed by atoms with Gasteiger partial charge in [-0.15, -0.1) is 0 Å². The first-order valence-corrected chi connectivity index (χ1v) is 6.17. The van der Waals surface area contributed by atoms with Crippen molar-refractivity contribution >= 4 is 28.5 Å². The van der Waals surface area contributed by atoms with Crippen molar-refractivity contribution in [3.8, 4) is 0 Å². The normalized spacial score (nSPS) is 9.21. The van der Waals surface area contributed by atoms with E-state index in [1.165, 1.54) is 0 Å². The molecule has 0 aliphatic rings. The molecule has 0 atom stereocenters. The predicted molar refractivity (Wildman–Crippen MR) is 64.4 cm³/mol. The Labute approximate surface area is 97.4 Å². The molecule has 0 bridgehead atoms. The topological polar surface area (TPSA) is 77.9 Å². The number of hydrogen-bond acceptors (Lipinski definition) is 2. The third-order valence-corrected chi connectivity index (χ3v) is 2.38. The summed E-state index contributed by atoms with van der Waals surface area (Å²) in [4.78, 5) is 13.5. The molecule has 0 saturated heterocycles. The number of carbonyl (C=O) groups is 1. The lowest BCUT2D eigenvalue weighted by molar-refractivity contribution is -0.118. The van der Waals surface area contributed by atoms with Crippen LogP contribution >= 0.6 is 22.6 Å². The third-order valence-electron chi connectivity index (χ3n) is 1.69. The van der Waals surface area contributed by atoms with E-state index in [1.807, 2.05) is 22.6 Å². The van der Waals surface area contributed by atoms with Gasteiger partial charge in [0.05, 0.1) is 4.43 Å². The van der Waals surface area contributed by atoms with E-state index in [4.69, 9.17) is 5.53 Å². The highest BCUT2D eigenvalue weighted by Crippen LogP contribution is 1.99. The molecule has 0 heterocycles. The minimum absolute atomic E-state index is 0.0969. The van der Waals surface area contributed by atoms with Gasteiger partial charge in [0.25, 0.3) is 0 Å². The highest BCUT2D eigenvalue weighted by Gasteiger charge is 1.95. The van der Waals surface area contributed by atoms with E-state index in [1.54, 1.807) is 0 Å². The molecular weight excluding hydrogens is 295 g/mol. The van der Waals surface area contributed by atoms with Gasteiger partial charge >= 0.3 is 0 Å². The quantitative estimate of drug-likeness (QED) is 0.183. The third kappa shape index (κ3) is 9.60. The van der Waals surface area contributed by atoms with Crippen LogP contribution in [0.3, 0.4) is 0 Å². The monoisotopic (exact) mass is 310 g/mol. The van der Waals surface area contributed by atoms with E-state index in [9.17, 15) is 4.79 Å². The SMILES string of the molecule is [N-]=[N+]=NCCCCCCNC(=O)CI. The number of carbonyl (C=O) groups excluding carboxylic acids is 1. The Morgan fingerprint density at radius 3 is 2.71 bits per heavy atom. The summed E-state index contributed by atoms with van der Waals surface area (Å²) in [6.45, 7) is 1.33. The van der Waals surface area contributed by atoms with Crippen molar-refractivity contribution in [1.82, 2.24) is 5.32 Å². The molecule has 14 heavy (non-hydrogen) atoms. The Bertz CT molecular complexity index is 204. The van der Waals surface area contributed by atoms with Crippen LogP contribution in [0.5, 0.6) is 0 Å². The molecule has 80 valence electrons. The fraction of sp³-hybridized carbons (Fsp3) is 0.875. The van der Waals surface area contributed by atoms with E-state index >= 15 is 0 Å².